The Labute approximate surface area is 91.7 Å². The van der Waals surface area contributed by atoms with Crippen molar-refractivity contribution in [1.29, 1.82) is 0 Å². The molecule has 70 valence electrons. The Bertz CT molecular complexity index is 408. The maximum absolute atomic E-state index is 5.72. The van der Waals surface area contributed by atoms with Crippen LogP contribution in [0.3, 0.4) is 0 Å². The molecule has 0 aliphatic rings. The van der Waals surface area contributed by atoms with Gasteiger partial charge in [-0.25, -0.2) is 0 Å². The molecule has 2 N–H and O–H groups in total. The van der Waals surface area contributed by atoms with E-state index in [-0.39, 0.29) is 0 Å². The van der Waals surface area contributed by atoms with Crippen LogP contribution in [0.2, 0.25) is 0 Å². The third kappa shape index (κ3) is 1.96. The molecule has 0 heterocycles. The molecular formula is C12H10BrN. The highest BCUT2D eigenvalue weighted by atomic mass is 79.9. The van der Waals surface area contributed by atoms with Crippen molar-refractivity contribution in [3.63, 3.8) is 0 Å². The third-order valence-electron chi connectivity index (χ3n) is 2.04. The van der Waals surface area contributed by atoms with Gasteiger partial charge >= 0.3 is 0 Å². The minimum absolute atomic E-state index is 0.794. The van der Waals surface area contributed by atoms with Crippen LogP contribution in [-0.2, 0) is 0 Å². The summed E-state index contributed by atoms with van der Waals surface area (Å²) in [7, 11) is 0. The molecule has 2 rings (SSSR count). The van der Waals surface area contributed by atoms with E-state index >= 15 is 0 Å². The van der Waals surface area contributed by atoms with Crippen molar-refractivity contribution in [2.45, 2.75) is 0 Å². The van der Waals surface area contributed by atoms with Crippen LogP contribution in [0.4, 0.5) is 5.69 Å². The van der Waals surface area contributed by atoms with Gasteiger partial charge in [0.25, 0.3) is 0 Å². The summed E-state index contributed by atoms with van der Waals surface area (Å²) in [6.07, 6.45) is 0. The van der Waals surface area contributed by atoms with Crippen LogP contribution in [0, 0.1) is 0 Å². The van der Waals surface area contributed by atoms with Gasteiger partial charge in [0, 0.05) is 10.2 Å². The summed E-state index contributed by atoms with van der Waals surface area (Å²) < 4.78 is 1.08. The van der Waals surface area contributed by atoms with E-state index in [0.717, 1.165) is 15.7 Å². The molecule has 0 saturated carbocycles. The van der Waals surface area contributed by atoms with Crippen molar-refractivity contribution in [3.05, 3.63) is 53.0 Å². The Morgan fingerprint density at radius 3 is 2.14 bits per heavy atom. The predicted molar refractivity (Wildman–Crippen MR) is 64.0 cm³/mol. The molecule has 0 aromatic heterocycles. The third-order valence-corrected chi connectivity index (χ3v) is 2.54. The quantitative estimate of drug-likeness (QED) is 0.765. The lowest BCUT2D eigenvalue weighted by Crippen LogP contribution is -1.84. The molecule has 0 unspecified atom stereocenters. The van der Waals surface area contributed by atoms with E-state index in [2.05, 4.69) is 34.1 Å². The summed E-state index contributed by atoms with van der Waals surface area (Å²) in [6.45, 7) is 0. The van der Waals surface area contributed by atoms with Crippen LogP contribution >= 0.6 is 15.9 Å². The number of anilines is 1. The molecule has 14 heavy (non-hydrogen) atoms. The maximum atomic E-state index is 5.72. The molecule has 0 atom stereocenters. The Morgan fingerprint density at radius 2 is 1.50 bits per heavy atom. The highest BCUT2D eigenvalue weighted by Gasteiger charge is 1.97. The molecular weight excluding hydrogens is 238 g/mol. The van der Waals surface area contributed by atoms with Gasteiger partial charge in [0.15, 0.2) is 0 Å². The molecule has 0 bridgehead atoms. The second-order valence-corrected chi connectivity index (χ2v) is 4.05. The number of hydrogen-bond donors (Lipinski definition) is 1. The minimum Gasteiger partial charge on any atom is -0.399 e. The van der Waals surface area contributed by atoms with Gasteiger partial charge in [0.2, 0.25) is 0 Å². The molecule has 2 heteroatoms. The Balaban J connectivity index is 2.49. The highest BCUT2D eigenvalue weighted by Crippen LogP contribution is 2.24. The summed E-state index contributed by atoms with van der Waals surface area (Å²) in [6, 6.07) is 16.1. The summed E-state index contributed by atoms with van der Waals surface area (Å²) in [5, 5.41) is 0. The lowest BCUT2D eigenvalue weighted by Gasteiger charge is -2.02. The summed E-state index contributed by atoms with van der Waals surface area (Å²) >= 11 is 3.45. The molecule has 0 spiro atoms. The maximum Gasteiger partial charge on any atom is 0.0320 e. The van der Waals surface area contributed by atoms with Crippen molar-refractivity contribution in [1.82, 2.24) is 0 Å². The Morgan fingerprint density at radius 1 is 0.857 bits per heavy atom. The first kappa shape index (κ1) is 9.28. The van der Waals surface area contributed by atoms with E-state index < -0.39 is 0 Å². The molecule has 0 amide bonds. The normalized spacial score (nSPS) is 10.1. The molecule has 0 aliphatic carbocycles. The molecule has 0 saturated heterocycles. The van der Waals surface area contributed by atoms with Crippen molar-refractivity contribution in [2.24, 2.45) is 0 Å². The monoisotopic (exact) mass is 247 g/mol. The van der Waals surface area contributed by atoms with Gasteiger partial charge < -0.3 is 5.73 Å². The van der Waals surface area contributed by atoms with Crippen molar-refractivity contribution in [3.8, 4) is 11.1 Å². The topological polar surface area (TPSA) is 26.0 Å². The van der Waals surface area contributed by atoms with Crippen LogP contribution in [0.5, 0.6) is 0 Å². The van der Waals surface area contributed by atoms with Crippen LogP contribution < -0.4 is 5.73 Å². The van der Waals surface area contributed by atoms with Gasteiger partial charge in [0.05, 0.1) is 0 Å². The van der Waals surface area contributed by atoms with Gasteiger partial charge in [-0.05, 0) is 35.4 Å². The number of rotatable bonds is 1. The number of halogens is 1. The van der Waals surface area contributed by atoms with Crippen molar-refractivity contribution in [2.75, 3.05) is 5.73 Å². The predicted octanol–water partition coefficient (Wildman–Crippen LogP) is 3.70. The second-order valence-electron chi connectivity index (χ2n) is 3.14. The molecule has 2 aromatic carbocycles. The van der Waals surface area contributed by atoms with Gasteiger partial charge in [-0.2, -0.15) is 0 Å². The highest BCUT2D eigenvalue weighted by molar-refractivity contribution is 9.10. The van der Waals surface area contributed by atoms with Gasteiger partial charge in [0.1, 0.15) is 0 Å². The lowest BCUT2D eigenvalue weighted by molar-refractivity contribution is 1.59. The zero-order valence-corrected chi connectivity index (χ0v) is 9.16. The zero-order chi connectivity index (χ0) is 9.97. The van der Waals surface area contributed by atoms with E-state index in [9.17, 15) is 0 Å². The average molecular weight is 248 g/mol. The van der Waals surface area contributed by atoms with Crippen LogP contribution in [0.15, 0.2) is 53.0 Å². The first-order chi connectivity index (χ1) is 6.75. The van der Waals surface area contributed by atoms with Gasteiger partial charge in [-0.15, -0.1) is 0 Å². The van der Waals surface area contributed by atoms with E-state index in [1.165, 1.54) is 5.56 Å². The smallest absolute Gasteiger partial charge is 0.0320 e. The van der Waals surface area contributed by atoms with Gasteiger partial charge in [-0.1, -0.05) is 40.2 Å². The number of nitrogen functional groups attached to an aromatic ring is 1. The summed E-state index contributed by atoms with van der Waals surface area (Å²) in [5.74, 6) is 0. The molecule has 0 aliphatic heterocycles. The summed E-state index contributed by atoms with van der Waals surface area (Å²) in [4.78, 5) is 0. The van der Waals surface area contributed by atoms with Crippen LogP contribution in [0.1, 0.15) is 0 Å². The first-order valence-corrected chi connectivity index (χ1v) is 5.16. The number of nitrogens with two attached hydrogens (primary N) is 1. The van der Waals surface area contributed by atoms with Crippen LogP contribution in [0.25, 0.3) is 11.1 Å². The Hall–Kier alpha value is -1.28. The number of hydrogen-bond acceptors (Lipinski definition) is 1. The lowest BCUT2D eigenvalue weighted by atomic mass is 10.1. The van der Waals surface area contributed by atoms with E-state index in [1.54, 1.807) is 0 Å². The summed E-state index contributed by atoms with van der Waals surface area (Å²) in [5.41, 5.74) is 8.83. The minimum atomic E-state index is 0.794. The standard InChI is InChI=1S/C12H10BrN/c13-11-5-1-3-9(7-11)10-4-2-6-12(14)8-10/h1-8H,14H2. The van der Waals surface area contributed by atoms with E-state index in [0.29, 0.717) is 0 Å². The average Bonchev–Trinajstić information content (AvgIpc) is 2.18. The van der Waals surface area contributed by atoms with Crippen molar-refractivity contribution < 1.29 is 0 Å². The molecule has 0 fully saturated rings. The molecule has 1 nitrogen and oxygen atoms in total. The largest absolute Gasteiger partial charge is 0.399 e. The SMILES string of the molecule is Nc1cccc(-c2cccc(Br)c2)c1. The second kappa shape index (κ2) is 3.84. The van der Waals surface area contributed by atoms with Crippen molar-refractivity contribution >= 4 is 21.6 Å². The van der Waals surface area contributed by atoms with Gasteiger partial charge in [-0.3, -0.25) is 0 Å². The van der Waals surface area contributed by atoms with E-state index in [4.69, 9.17) is 5.73 Å². The number of benzene rings is 2. The fraction of sp³-hybridized carbons (Fsp3) is 0. The van der Waals surface area contributed by atoms with E-state index in [1.807, 2.05) is 30.3 Å². The molecule has 0 radical (unpaired) electrons. The first-order valence-electron chi connectivity index (χ1n) is 4.37. The fourth-order valence-corrected chi connectivity index (χ4v) is 1.79. The Kier molecular flexibility index (Phi) is 2.55. The fourth-order valence-electron chi connectivity index (χ4n) is 1.39. The zero-order valence-electron chi connectivity index (χ0n) is 7.57. The van der Waals surface area contributed by atoms with Crippen LogP contribution in [-0.4, -0.2) is 0 Å². The molecule has 2 aromatic rings.